The maximum absolute atomic E-state index is 12.9. The lowest BCUT2D eigenvalue weighted by molar-refractivity contribution is -0.119. The molecule has 0 aromatic heterocycles. The Morgan fingerprint density at radius 1 is 1.08 bits per heavy atom. The minimum atomic E-state index is 0.137. The maximum atomic E-state index is 12.9. The molecule has 25 heavy (non-hydrogen) atoms. The van der Waals surface area contributed by atoms with E-state index in [1.54, 1.807) is 4.90 Å². The van der Waals surface area contributed by atoms with Crippen LogP contribution in [0.25, 0.3) is 0 Å². The summed E-state index contributed by atoms with van der Waals surface area (Å²) >= 11 is 0. The van der Waals surface area contributed by atoms with Crippen molar-refractivity contribution in [3.63, 3.8) is 0 Å². The van der Waals surface area contributed by atoms with E-state index in [9.17, 15) is 9.59 Å². The summed E-state index contributed by atoms with van der Waals surface area (Å²) < 4.78 is 0. The van der Waals surface area contributed by atoms with Crippen LogP contribution in [0.2, 0.25) is 0 Å². The molecule has 0 radical (unpaired) electrons. The zero-order chi connectivity index (χ0) is 17.6. The van der Waals surface area contributed by atoms with Crippen LogP contribution in [0.4, 0.5) is 11.4 Å². The Kier molecular flexibility index (Phi) is 3.83. The van der Waals surface area contributed by atoms with E-state index in [0.717, 1.165) is 35.3 Å². The minimum Gasteiger partial charge on any atom is -0.315 e. The molecule has 2 amide bonds. The fourth-order valence-electron chi connectivity index (χ4n) is 4.03. The van der Waals surface area contributed by atoms with Gasteiger partial charge < -0.3 is 9.80 Å². The molecule has 4 rings (SSSR count). The van der Waals surface area contributed by atoms with Gasteiger partial charge in [-0.15, -0.1) is 0 Å². The van der Waals surface area contributed by atoms with Gasteiger partial charge >= 0.3 is 0 Å². The van der Waals surface area contributed by atoms with Gasteiger partial charge in [-0.25, -0.2) is 0 Å². The predicted molar refractivity (Wildman–Crippen MR) is 99.0 cm³/mol. The first kappa shape index (κ1) is 15.9. The highest BCUT2D eigenvalue weighted by Gasteiger charge is 2.30. The van der Waals surface area contributed by atoms with Gasteiger partial charge in [-0.3, -0.25) is 9.59 Å². The first-order valence-electron chi connectivity index (χ1n) is 8.83. The summed E-state index contributed by atoms with van der Waals surface area (Å²) in [6, 6.07) is 14.4. The Morgan fingerprint density at radius 2 is 1.88 bits per heavy atom. The second kappa shape index (κ2) is 6.03. The molecule has 2 heterocycles. The molecular formula is C21H22N2O2. The molecule has 0 saturated carbocycles. The summed E-state index contributed by atoms with van der Waals surface area (Å²) in [6.45, 7) is 2.10. The highest BCUT2D eigenvalue weighted by molar-refractivity contribution is 5.98. The van der Waals surface area contributed by atoms with Crippen molar-refractivity contribution in [3.05, 3.63) is 59.2 Å². The average molecular weight is 334 g/mol. The summed E-state index contributed by atoms with van der Waals surface area (Å²) in [6.07, 6.45) is 2.60. The number of anilines is 2. The number of fused-ring (bicyclic) bond motifs is 2. The van der Waals surface area contributed by atoms with Crippen molar-refractivity contribution in [3.8, 4) is 0 Å². The normalized spacial score (nSPS) is 19.0. The number of carbonyl (C=O) groups is 2. The van der Waals surface area contributed by atoms with Crippen LogP contribution >= 0.6 is 0 Å². The Hall–Kier alpha value is -2.62. The van der Waals surface area contributed by atoms with Crippen LogP contribution in [0.15, 0.2) is 42.5 Å². The van der Waals surface area contributed by atoms with E-state index >= 15 is 0 Å². The molecule has 128 valence electrons. The number of aryl methyl sites for hydroxylation is 1. The molecule has 0 spiro atoms. The molecule has 4 nitrogen and oxygen atoms in total. The lowest BCUT2D eigenvalue weighted by atomic mass is 9.98. The molecule has 0 aliphatic carbocycles. The Labute approximate surface area is 148 Å². The average Bonchev–Trinajstić information content (AvgIpc) is 2.94. The third kappa shape index (κ3) is 2.72. The molecule has 4 heteroatoms. The van der Waals surface area contributed by atoms with Crippen molar-refractivity contribution in [2.24, 2.45) is 0 Å². The van der Waals surface area contributed by atoms with Crippen molar-refractivity contribution >= 4 is 23.2 Å². The lowest BCUT2D eigenvalue weighted by Crippen LogP contribution is -2.37. The van der Waals surface area contributed by atoms with Gasteiger partial charge in [0.25, 0.3) is 0 Å². The SMILES string of the molecule is CC1Cc2ccccc2N1C(=O)Cc1ccc2c(c1)CCC(=O)N2C. The smallest absolute Gasteiger partial charge is 0.231 e. The van der Waals surface area contributed by atoms with Crippen LogP contribution in [0, 0.1) is 0 Å². The van der Waals surface area contributed by atoms with E-state index in [-0.39, 0.29) is 17.9 Å². The van der Waals surface area contributed by atoms with Crippen molar-refractivity contribution in [1.82, 2.24) is 0 Å². The van der Waals surface area contributed by atoms with Gasteiger partial charge in [0, 0.05) is 30.9 Å². The highest BCUT2D eigenvalue weighted by Crippen LogP contribution is 2.33. The molecule has 2 aliphatic rings. The molecule has 2 aromatic rings. The van der Waals surface area contributed by atoms with Gasteiger partial charge in [-0.1, -0.05) is 30.3 Å². The van der Waals surface area contributed by atoms with Crippen LogP contribution in [0.3, 0.4) is 0 Å². The van der Waals surface area contributed by atoms with E-state index in [1.807, 2.05) is 42.3 Å². The Balaban J connectivity index is 1.57. The van der Waals surface area contributed by atoms with E-state index in [1.165, 1.54) is 5.56 Å². The molecular weight excluding hydrogens is 312 g/mol. The number of benzene rings is 2. The quantitative estimate of drug-likeness (QED) is 0.847. The third-order valence-electron chi connectivity index (χ3n) is 5.32. The van der Waals surface area contributed by atoms with Crippen LogP contribution in [0.5, 0.6) is 0 Å². The number of hydrogen-bond donors (Lipinski definition) is 0. The molecule has 0 bridgehead atoms. The van der Waals surface area contributed by atoms with Crippen LogP contribution in [-0.4, -0.2) is 24.9 Å². The molecule has 0 N–H and O–H groups in total. The fourth-order valence-corrected chi connectivity index (χ4v) is 4.03. The molecule has 1 unspecified atom stereocenters. The maximum Gasteiger partial charge on any atom is 0.231 e. The summed E-state index contributed by atoms with van der Waals surface area (Å²) in [5, 5.41) is 0. The summed E-state index contributed by atoms with van der Waals surface area (Å²) in [5.74, 6) is 0.288. The number of hydrogen-bond acceptors (Lipinski definition) is 2. The Bertz CT molecular complexity index is 859. The lowest BCUT2D eigenvalue weighted by Gasteiger charge is -2.27. The van der Waals surface area contributed by atoms with Crippen molar-refractivity contribution < 1.29 is 9.59 Å². The summed E-state index contributed by atoms with van der Waals surface area (Å²) in [4.78, 5) is 28.4. The van der Waals surface area contributed by atoms with Crippen LogP contribution < -0.4 is 9.80 Å². The largest absolute Gasteiger partial charge is 0.315 e. The van der Waals surface area contributed by atoms with E-state index in [2.05, 4.69) is 19.1 Å². The van der Waals surface area contributed by atoms with E-state index in [0.29, 0.717) is 12.8 Å². The number of carbonyl (C=O) groups excluding carboxylic acids is 2. The van der Waals surface area contributed by atoms with Crippen LogP contribution in [-0.2, 0) is 28.9 Å². The van der Waals surface area contributed by atoms with Crippen molar-refractivity contribution in [2.75, 3.05) is 16.8 Å². The highest BCUT2D eigenvalue weighted by atomic mass is 16.2. The van der Waals surface area contributed by atoms with E-state index < -0.39 is 0 Å². The molecule has 0 saturated heterocycles. The van der Waals surface area contributed by atoms with Crippen molar-refractivity contribution in [1.29, 1.82) is 0 Å². The van der Waals surface area contributed by atoms with Gasteiger partial charge in [0.05, 0.1) is 6.42 Å². The monoisotopic (exact) mass is 334 g/mol. The Morgan fingerprint density at radius 3 is 2.72 bits per heavy atom. The standard InChI is InChI=1S/C21H22N2O2/c1-14-11-16-5-3-4-6-19(16)23(14)21(25)13-15-7-9-18-17(12-15)8-10-20(24)22(18)2/h3-7,9,12,14H,8,10-11,13H2,1-2H3. The topological polar surface area (TPSA) is 40.6 Å². The van der Waals surface area contributed by atoms with Crippen LogP contribution in [0.1, 0.15) is 30.0 Å². The second-order valence-corrected chi connectivity index (χ2v) is 7.04. The summed E-state index contributed by atoms with van der Waals surface area (Å²) in [5.41, 5.74) is 5.43. The number of amides is 2. The zero-order valence-corrected chi connectivity index (χ0v) is 14.7. The summed E-state index contributed by atoms with van der Waals surface area (Å²) in [7, 11) is 1.81. The molecule has 2 aromatic carbocycles. The predicted octanol–water partition coefficient (Wildman–Crippen LogP) is 3.12. The second-order valence-electron chi connectivity index (χ2n) is 7.04. The minimum absolute atomic E-state index is 0.137. The first-order chi connectivity index (χ1) is 12.0. The third-order valence-corrected chi connectivity index (χ3v) is 5.32. The van der Waals surface area contributed by atoms with Gasteiger partial charge in [0.1, 0.15) is 0 Å². The fraction of sp³-hybridized carbons (Fsp3) is 0.333. The zero-order valence-electron chi connectivity index (χ0n) is 14.7. The van der Waals surface area contributed by atoms with Gasteiger partial charge in [-0.2, -0.15) is 0 Å². The number of para-hydroxylation sites is 1. The molecule has 0 fully saturated rings. The first-order valence-corrected chi connectivity index (χ1v) is 8.83. The molecule has 1 atom stereocenters. The number of nitrogens with zero attached hydrogens (tertiary/aromatic N) is 2. The van der Waals surface area contributed by atoms with Gasteiger partial charge in [-0.05, 0) is 48.6 Å². The van der Waals surface area contributed by atoms with E-state index in [4.69, 9.17) is 0 Å². The van der Waals surface area contributed by atoms with Crippen molar-refractivity contribution in [2.45, 2.75) is 38.6 Å². The number of rotatable bonds is 2. The van der Waals surface area contributed by atoms with Gasteiger partial charge in [0.2, 0.25) is 11.8 Å². The molecule has 2 aliphatic heterocycles. The van der Waals surface area contributed by atoms with Gasteiger partial charge in [0.15, 0.2) is 0 Å².